The van der Waals surface area contributed by atoms with Gasteiger partial charge in [-0.05, 0) is 6.42 Å². The molecule has 92 valence electrons. The van der Waals surface area contributed by atoms with Crippen LogP contribution in [0.25, 0.3) is 0 Å². The van der Waals surface area contributed by atoms with Crippen molar-refractivity contribution in [1.82, 2.24) is 9.78 Å². The molecular formula is C11H20N2O2S. The molecule has 0 aromatic carbocycles. The van der Waals surface area contributed by atoms with Gasteiger partial charge in [-0.15, -0.1) is 11.8 Å². The van der Waals surface area contributed by atoms with E-state index in [2.05, 4.69) is 12.0 Å². The molecule has 1 aromatic rings. The molecule has 1 heterocycles. The van der Waals surface area contributed by atoms with E-state index < -0.39 is 6.10 Å². The predicted octanol–water partition coefficient (Wildman–Crippen LogP) is 1.69. The van der Waals surface area contributed by atoms with Crippen molar-refractivity contribution in [3.63, 3.8) is 0 Å². The van der Waals surface area contributed by atoms with E-state index in [0.717, 1.165) is 24.3 Å². The maximum absolute atomic E-state index is 9.64. The third kappa shape index (κ3) is 5.53. The summed E-state index contributed by atoms with van der Waals surface area (Å²) in [4.78, 5) is 1.08. The van der Waals surface area contributed by atoms with Crippen LogP contribution in [0.15, 0.2) is 17.3 Å². The van der Waals surface area contributed by atoms with Gasteiger partial charge in [0.15, 0.2) is 0 Å². The van der Waals surface area contributed by atoms with Gasteiger partial charge in [0.2, 0.25) is 0 Å². The monoisotopic (exact) mass is 244 g/mol. The summed E-state index contributed by atoms with van der Waals surface area (Å²) >= 11 is 1.60. The number of unbranched alkanes of at least 4 members (excludes halogenated alkanes) is 1. The molecule has 1 aromatic heterocycles. The molecule has 0 saturated carbocycles. The Morgan fingerprint density at radius 2 is 2.44 bits per heavy atom. The average molecular weight is 244 g/mol. The molecule has 16 heavy (non-hydrogen) atoms. The Balaban J connectivity index is 2.08. The molecule has 5 heteroatoms. The number of nitrogens with zero attached hydrogens (tertiary/aromatic N) is 2. The van der Waals surface area contributed by atoms with E-state index in [4.69, 9.17) is 4.74 Å². The topological polar surface area (TPSA) is 47.3 Å². The molecule has 1 N–H and O–H groups in total. The van der Waals surface area contributed by atoms with Gasteiger partial charge in [-0.25, -0.2) is 0 Å². The fourth-order valence-corrected chi connectivity index (χ4v) is 2.01. The van der Waals surface area contributed by atoms with Crippen molar-refractivity contribution >= 4 is 11.8 Å². The van der Waals surface area contributed by atoms with Crippen molar-refractivity contribution in [3.8, 4) is 0 Å². The lowest BCUT2D eigenvalue weighted by molar-refractivity contribution is 0.0473. The SMILES string of the molecule is CCCCOCC(O)CSc1cnn(C)c1. The highest BCUT2D eigenvalue weighted by Gasteiger charge is 2.06. The fourth-order valence-electron chi connectivity index (χ4n) is 1.18. The van der Waals surface area contributed by atoms with E-state index in [1.54, 1.807) is 22.6 Å². The van der Waals surface area contributed by atoms with Crippen LogP contribution >= 0.6 is 11.8 Å². The van der Waals surface area contributed by atoms with E-state index in [1.165, 1.54) is 0 Å². The van der Waals surface area contributed by atoms with Crippen molar-refractivity contribution in [2.45, 2.75) is 30.8 Å². The second-order valence-corrected chi connectivity index (χ2v) is 4.84. The number of hydrogen-bond donors (Lipinski definition) is 1. The van der Waals surface area contributed by atoms with Crippen LogP contribution in [0.2, 0.25) is 0 Å². The van der Waals surface area contributed by atoms with Crippen molar-refractivity contribution in [3.05, 3.63) is 12.4 Å². The van der Waals surface area contributed by atoms with Crippen LogP contribution in [-0.2, 0) is 11.8 Å². The molecule has 0 aliphatic carbocycles. The highest BCUT2D eigenvalue weighted by Crippen LogP contribution is 2.17. The Hall–Kier alpha value is -0.520. The maximum Gasteiger partial charge on any atom is 0.0867 e. The Bertz CT molecular complexity index is 291. The molecular weight excluding hydrogens is 224 g/mol. The van der Waals surface area contributed by atoms with Crippen LogP contribution < -0.4 is 0 Å². The first-order valence-corrected chi connectivity index (χ1v) is 6.58. The van der Waals surface area contributed by atoms with Gasteiger partial charge in [-0.3, -0.25) is 4.68 Å². The van der Waals surface area contributed by atoms with Crippen molar-refractivity contribution in [1.29, 1.82) is 0 Å². The first-order valence-electron chi connectivity index (χ1n) is 5.59. The van der Waals surface area contributed by atoms with E-state index in [-0.39, 0.29) is 0 Å². The van der Waals surface area contributed by atoms with Gasteiger partial charge in [-0.2, -0.15) is 5.10 Å². The number of rotatable bonds is 8. The zero-order valence-corrected chi connectivity index (χ0v) is 10.7. The van der Waals surface area contributed by atoms with Gasteiger partial charge < -0.3 is 9.84 Å². The van der Waals surface area contributed by atoms with Gasteiger partial charge in [0.05, 0.1) is 18.9 Å². The lowest BCUT2D eigenvalue weighted by Crippen LogP contribution is -2.18. The minimum absolute atomic E-state index is 0.401. The van der Waals surface area contributed by atoms with Gasteiger partial charge in [0, 0.05) is 30.5 Å². The van der Waals surface area contributed by atoms with Crippen LogP contribution in [0.4, 0.5) is 0 Å². The lowest BCUT2D eigenvalue weighted by Gasteiger charge is -2.09. The fraction of sp³-hybridized carbons (Fsp3) is 0.727. The summed E-state index contributed by atoms with van der Waals surface area (Å²) in [5.41, 5.74) is 0. The summed E-state index contributed by atoms with van der Waals surface area (Å²) in [6.45, 7) is 3.29. The quantitative estimate of drug-likeness (QED) is 0.558. The van der Waals surface area contributed by atoms with Crippen LogP contribution in [0.3, 0.4) is 0 Å². The average Bonchev–Trinajstić information content (AvgIpc) is 2.68. The molecule has 0 amide bonds. The van der Waals surface area contributed by atoms with Crippen molar-refractivity contribution < 1.29 is 9.84 Å². The molecule has 0 fully saturated rings. The molecule has 1 atom stereocenters. The predicted molar refractivity (Wildman–Crippen MR) is 65.7 cm³/mol. The van der Waals surface area contributed by atoms with Crippen molar-refractivity contribution in [2.75, 3.05) is 19.0 Å². The number of thioether (sulfide) groups is 1. The van der Waals surface area contributed by atoms with E-state index in [1.807, 2.05) is 13.2 Å². The molecule has 0 aliphatic heterocycles. The van der Waals surface area contributed by atoms with Crippen LogP contribution in [0.1, 0.15) is 19.8 Å². The van der Waals surface area contributed by atoms with Crippen molar-refractivity contribution in [2.24, 2.45) is 7.05 Å². The largest absolute Gasteiger partial charge is 0.390 e. The standard InChI is InChI=1S/C11H20N2O2S/c1-3-4-5-15-8-10(14)9-16-11-6-12-13(2)7-11/h6-7,10,14H,3-5,8-9H2,1-2H3. The normalized spacial score (nSPS) is 12.9. The lowest BCUT2D eigenvalue weighted by atomic mass is 10.3. The highest BCUT2D eigenvalue weighted by atomic mass is 32.2. The summed E-state index contributed by atoms with van der Waals surface area (Å²) < 4.78 is 7.10. The minimum atomic E-state index is -0.401. The molecule has 1 unspecified atom stereocenters. The second kappa shape index (κ2) is 7.70. The van der Waals surface area contributed by atoms with Gasteiger partial charge in [0.1, 0.15) is 0 Å². The van der Waals surface area contributed by atoms with E-state index in [9.17, 15) is 5.11 Å². The van der Waals surface area contributed by atoms with Gasteiger partial charge >= 0.3 is 0 Å². The minimum Gasteiger partial charge on any atom is -0.390 e. The summed E-state index contributed by atoms with van der Waals surface area (Å²) in [5.74, 6) is 0.651. The molecule has 0 saturated heterocycles. The van der Waals surface area contributed by atoms with Gasteiger partial charge in [-0.1, -0.05) is 13.3 Å². The third-order valence-electron chi connectivity index (χ3n) is 2.08. The first-order chi connectivity index (χ1) is 7.72. The zero-order chi connectivity index (χ0) is 11.8. The number of aliphatic hydroxyl groups excluding tert-OH is 1. The Labute approximate surface area is 101 Å². The molecule has 0 radical (unpaired) electrons. The van der Waals surface area contributed by atoms with Crippen LogP contribution in [0, 0.1) is 0 Å². The Morgan fingerprint density at radius 3 is 3.06 bits per heavy atom. The summed E-state index contributed by atoms with van der Waals surface area (Å²) in [5, 5.41) is 13.7. The Kier molecular flexibility index (Phi) is 6.52. The highest BCUT2D eigenvalue weighted by molar-refractivity contribution is 7.99. The summed E-state index contributed by atoms with van der Waals surface area (Å²) in [6, 6.07) is 0. The number of aromatic nitrogens is 2. The molecule has 0 bridgehead atoms. The molecule has 4 nitrogen and oxygen atoms in total. The first kappa shape index (κ1) is 13.5. The second-order valence-electron chi connectivity index (χ2n) is 3.74. The summed E-state index contributed by atoms with van der Waals surface area (Å²) in [7, 11) is 1.88. The number of hydrogen-bond acceptors (Lipinski definition) is 4. The smallest absolute Gasteiger partial charge is 0.0867 e. The third-order valence-corrected chi connectivity index (χ3v) is 3.17. The van der Waals surface area contributed by atoms with E-state index >= 15 is 0 Å². The number of ether oxygens (including phenoxy) is 1. The van der Waals surface area contributed by atoms with Crippen LogP contribution in [0.5, 0.6) is 0 Å². The number of aryl methyl sites for hydroxylation is 1. The maximum atomic E-state index is 9.64. The molecule has 0 spiro atoms. The van der Waals surface area contributed by atoms with E-state index in [0.29, 0.717) is 12.4 Å². The van der Waals surface area contributed by atoms with Gasteiger partial charge in [0.25, 0.3) is 0 Å². The van der Waals surface area contributed by atoms with Crippen LogP contribution in [-0.4, -0.2) is 40.0 Å². The number of aliphatic hydroxyl groups is 1. The molecule has 0 aliphatic rings. The zero-order valence-electron chi connectivity index (χ0n) is 9.93. The Morgan fingerprint density at radius 1 is 1.62 bits per heavy atom. The molecule has 1 rings (SSSR count). The summed E-state index contributed by atoms with van der Waals surface area (Å²) in [6.07, 6.45) is 5.52.